The molecule has 0 aliphatic carbocycles. The molecular weight excluding hydrogens is 136 g/mol. The highest BCUT2D eigenvalue weighted by Crippen LogP contribution is 2.12. The minimum atomic E-state index is -0.452. The zero-order chi connectivity index (χ0) is 6.69. The maximum absolute atomic E-state index is 10.4. The van der Waals surface area contributed by atoms with Crippen LogP contribution >= 0.6 is 11.8 Å². The average molecular weight is 145 g/mol. The zero-order valence-corrected chi connectivity index (χ0v) is 5.83. The molecule has 1 saturated heterocycles. The van der Waals surface area contributed by atoms with Crippen molar-refractivity contribution in [2.75, 3.05) is 18.8 Å². The van der Waals surface area contributed by atoms with Crippen molar-refractivity contribution in [3.63, 3.8) is 0 Å². The number of thioether (sulfide) groups is 1. The van der Waals surface area contributed by atoms with Crippen molar-refractivity contribution < 1.29 is 4.79 Å². The first-order valence-corrected chi connectivity index (χ1v) is 3.93. The van der Waals surface area contributed by atoms with Crippen LogP contribution in [0.3, 0.4) is 0 Å². The Labute approximate surface area is 58.4 Å². The lowest BCUT2D eigenvalue weighted by Crippen LogP contribution is -2.37. The molecule has 0 spiro atoms. The van der Waals surface area contributed by atoms with Gasteiger partial charge in [-0.1, -0.05) is 0 Å². The van der Waals surface area contributed by atoms with Crippen molar-refractivity contribution in [3.05, 3.63) is 0 Å². The van der Waals surface area contributed by atoms with Crippen LogP contribution in [0, 0.1) is 0 Å². The molecule has 1 atom stereocenters. The predicted molar refractivity (Wildman–Crippen MR) is 37.2 cm³/mol. The van der Waals surface area contributed by atoms with Gasteiger partial charge in [0.1, 0.15) is 0 Å². The summed E-state index contributed by atoms with van der Waals surface area (Å²) in [6, 6.07) is 0. The van der Waals surface area contributed by atoms with Gasteiger partial charge in [-0.25, -0.2) is 0 Å². The van der Waals surface area contributed by atoms with Crippen molar-refractivity contribution in [1.82, 2.24) is 11.1 Å². The second kappa shape index (κ2) is 3.08. The second-order valence-electron chi connectivity index (χ2n) is 1.93. The lowest BCUT2D eigenvalue weighted by atomic mass is 10.4. The summed E-state index contributed by atoms with van der Waals surface area (Å²) in [6.07, 6.45) is 0. The van der Waals surface area contributed by atoms with Gasteiger partial charge in [-0.05, 0) is 0 Å². The highest BCUT2D eigenvalue weighted by atomic mass is 32.2. The van der Waals surface area contributed by atoms with Crippen LogP contribution in [0.2, 0.25) is 0 Å². The maximum atomic E-state index is 10.4. The van der Waals surface area contributed by atoms with E-state index in [0.717, 1.165) is 12.3 Å². The summed E-state index contributed by atoms with van der Waals surface area (Å²) in [5, 5.41) is 2.94. The second-order valence-corrected chi connectivity index (χ2v) is 3.24. The van der Waals surface area contributed by atoms with Gasteiger partial charge < -0.3 is 5.32 Å². The van der Waals surface area contributed by atoms with E-state index < -0.39 is 5.91 Å². The van der Waals surface area contributed by atoms with E-state index in [1.54, 1.807) is 11.8 Å². The normalized spacial score (nSPS) is 27.8. The van der Waals surface area contributed by atoms with Gasteiger partial charge in [0.2, 0.25) is 0 Å². The molecule has 0 bridgehead atoms. The summed E-state index contributed by atoms with van der Waals surface area (Å²) in [5.41, 5.74) is 6.77. The van der Waals surface area contributed by atoms with E-state index in [1.165, 1.54) is 0 Å². The predicted octanol–water partition coefficient (Wildman–Crippen LogP) is -0.499. The monoisotopic (exact) mass is 145 g/mol. The molecular formula is C5H9N2OS. The smallest absolute Gasteiger partial charge is 0.252 e. The number of rotatable bonds is 1. The third-order valence-corrected chi connectivity index (χ3v) is 2.44. The van der Waals surface area contributed by atoms with Gasteiger partial charge in [0.25, 0.3) is 5.91 Å². The molecule has 1 fully saturated rings. The lowest BCUT2D eigenvalue weighted by Gasteiger charge is -2.18. The topological polar surface area (TPSA) is 52.9 Å². The fourth-order valence-corrected chi connectivity index (χ4v) is 1.67. The van der Waals surface area contributed by atoms with Gasteiger partial charge in [-0.2, -0.15) is 0 Å². The molecule has 1 amide bonds. The van der Waals surface area contributed by atoms with Crippen LogP contribution in [0.15, 0.2) is 0 Å². The SMILES string of the molecule is [NH]C(=O)C1CNCCS1. The molecule has 1 aliphatic heterocycles. The average Bonchev–Trinajstić information content (AvgIpc) is 1.90. The highest BCUT2D eigenvalue weighted by Gasteiger charge is 2.18. The Balaban J connectivity index is 2.31. The Hall–Kier alpha value is -0.220. The van der Waals surface area contributed by atoms with Crippen LogP contribution in [0.1, 0.15) is 0 Å². The van der Waals surface area contributed by atoms with E-state index in [2.05, 4.69) is 5.32 Å². The molecule has 0 aromatic heterocycles. The van der Waals surface area contributed by atoms with E-state index in [9.17, 15) is 4.79 Å². The van der Waals surface area contributed by atoms with Gasteiger partial charge in [-0.3, -0.25) is 10.5 Å². The summed E-state index contributed by atoms with van der Waals surface area (Å²) in [5.74, 6) is 0.502. The third kappa shape index (κ3) is 1.87. The van der Waals surface area contributed by atoms with Crippen LogP contribution in [-0.4, -0.2) is 30.0 Å². The molecule has 9 heavy (non-hydrogen) atoms. The molecule has 0 saturated carbocycles. The van der Waals surface area contributed by atoms with E-state index in [1.807, 2.05) is 0 Å². The van der Waals surface area contributed by atoms with E-state index in [4.69, 9.17) is 5.73 Å². The Morgan fingerprint density at radius 2 is 2.56 bits per heavy atom. The summed E-state index contributed by atoms with van der Waals surface area (Å²) in [4.78, 5) is 10.4. The van der Waals surface area contributed by atoms with Gasteiger partial charge in [0.05, 0.1) is 5.25 Å². The Kier molecular flexibility index (Phi) is 2.36. The molecule has 0 aromatic carbocycles. The molecule has 2 N–H and O–H groups in total. The fraction of sp³-hybridized carbons (Fsp3) is 0.800. The molecule has 1 radical (unpaired) electrons. The summed E-state index contributed by atoms with van der Waals surface area (Å²) in [6.45, 7) is 1.64. The number of carbonyl (C=O) groups excluding carboxylic acids is 1. The van der Waals surface area contributed by atoms with E-state index in [0.29, 0.717) is 6.54 Å². The number of amides is 1. The van der Waals surface area contributed by atoms with Crippen LogP contribution in [0.25, 0.3) is 0 Å². The van der Waals surface area contributed by atoms with Crippen molar-refractivity contribution in [3.8, 4) is 0 Å². The first kappa shape index (κ1) is 6.89. The van der Waals surface area contributed by atoms with Crippen LogP contribution in [0.5, 0.6) is 0 Å². The van der Waals surface area contributed by atoms with Gasteiger partial charge in [0, 0.05) is 18.8 Å². The largest absolute Gasteiger partial charge is 0.314 e. The maximum Gasteiger partial charge on any atom is 0.252 e. The van der Waals surface area contributed by atoms with Crippen molar-refractivity contribution in [1.29, 1.82) is 0 Å². The minimum Gasteiger partial charge on any atom is -0.314 e. The molecule has 51 valence electrons. The van der Waals surface area contributed by atoms with Crippen molar-refractivity contribution in [2.24, 2.45) is 0 Å². The van der Waals surface area contributed by atoms with Gasteiger partial charge >= 0.3 is 0 Å². The lowest BCUT2D eigenvalue weighted by molar-refractivity contribution is -0.118. The van der Waals surface area contributed by atoms with Crippen molar-refractivity contribution >= 4 is 17.7 Å². The Bertz CT molecular complexity index is 112. The number of carbonyl (C=O) groups is 1. The van der Waals surface area contributed by atoms with Gasteiger partial charge in [0.15, 0.2) is 0 Å². The highest BCUT2D eigenvalue weighted by molar-refractivity contribution is 8.00. The summed E-state index contributed by atoms with van der Waals surface area (Å²) < 4.78 is 0. The molecule has 1 aliphatic rings. The van der Waals surface area contributed by atoms with E-state index in [-0.39, 0.29) is 5.25 Å². The first-order chi connectivity index (χ1) is 4.30. The summed E-state index contributed by atoms with van der Waals surface area (Å²) >= 11 is 1.57. The van der Waals surface area contributed by atoms with E-state index >= 15 is 0 Å². The van der Waals surface area contributed by atoms with Crippen LogP contribution < -0.4 is 11.1 Å². The Morgan fingerprint density at radius 1 is 1.78 bits per heavy atom. The number of hydrogen-bond acceptors (Lipinski definition) is 3. The number of hydrogen-bond donors (Lipinski definition) is 1. The standard InChI is InChI=1S/C5H9N2OS/c6-5(8)4-3-7-1-2-9-4/h4,6-7H,1-3H2. The molecule has 3 nitrogen and oxygen atoms in total. The molecule has 1 heterocycles. The quantitative estimate of drug-likeness (QED) is 0.541. The summed E-state index contributed by atoms with van der Waals surface area (Å²) in [7, 11) is 0. The van der Waals surface area contributed by atoms with Crippen LogP contribution in [0.4, 0.5) is 0 Å². The molecule has 4 heteroatoms. The minimum absolute atomic E-state index is 0.112. The molecule has 0 aromatic rings. The molecule has 1 rings (SSSR count). The fourth-order valence-electron chi connectivity index (χ4n) is 0.734. The number of nitrogens with one attached hydrogen (secondary N) is 2. The van der Waals surface area contributed by atoms with Crippen LogP contribution in [-0.2, 0) is 4.79 Å². The van der Waals surface area contributed by atoms with Gasteiger partial charge in [-0.15, -0.1) is 11.8 Å². The third-order valence-electron chi connectivity index (χ3n) is 1.22. The molecule has 1 unspecified atom stereocenters. The zero-order valence-electron chi connectivity index (χ0n) is 5.02. The van der Waals surface area contributed by atoms with Crippen molar-refractivity contribution in [2.45, 2.75) is 5.25 Å². The Morgan fingerprint density at radius 3 is 2.89 bits per heavy atom. The first-order valence-electron chi connectivity index (χ1n) is 2.88.